The second-order valence-corrected chi connectivity index (χ2v) is 7.82. The number of aliphatic hydroxyl groups excluding tert-OH is 1. The van der Waals surface area contributed by atoms with E-state index in [1.165, 1.54) is 5.56 Å². The maximum atomic E-state index is 12.9. The Hall–Kier alpha value is -2.41. The monoisotopic (exact) mass is 412 g/mol. The molecule has 0 radical (unpaired) electrons. The van der Waals surface area contributed by atoms with Gasteiger partial charge in [0.2, 0.25) is 5.91 Å². The highest BCUT2D eigenvalue weighted by molar-refractivity contribution is 5.78. The van der Waals surface area contributed by atoms with Crippen molar-refractivity contribution in [3.05, 3.63) is 65.7 Å². The van der Waals surface area contributed by atoms with E-state index >= 15 is 0 Å². The maximum absolute atomic E-state index is 12.9. The smallest absolute Gasteiger partial charge is 0.236 e. The van der Waals surface area contributed by atoms with E-state index in [2.05, 4.69) is 12.1 Å². The lowest BCUT2D eigenvalue weighted by Crippen LogP contribution is -2.42. The molecular formula is C24H32N2O4. The molecule has 2 aromatic rings. The summed E-state index contributed by atoms with van der Waals surface area (Å²) in [4.78, 5) is 16.8. The number of amides is 1. The molecule has 0 aromatic heterocycles. The molecule has 1 aliphatic heterocycles. The van der Waals surface area contributed by atoms with Gasteiger partial charge < -0.3 is 19.5 Å². The van der Waals surface area contributed by atoms with Crippen LogP contribution in [-0.4, -0.2) is 72.9 Å². The van der Waals surface area contributed by atoms with Crippen LogP contribution in [0.3, 0.4) is 0 Å². The predicted octanol–water partition coefficient (Wildman–Crippen LogP) is 2.35. The zero-order valence-electron chi connectivity index (χ0n) is 17.9. The van der Waals surface area contributed by atoms with Crippen LogP contribution < -0.4 is 4.74 Å². The van der Waals surface area contributed by atoms with Gasteiger partial charge in [-0.05, 0) is 36.6 Å². The van der Waals surface area contributed by atoms with Crippen molar-refractivity contribution in [1.29, 1.82) is 0 Å². The van der Waals surface area contributed by atoms with Gasteiger partial charge in [0.05, 0.1) is 33.0 Å². The second kappa shape index (κ2) is 11.1. The Morgan fingerprint density at radius 2 is 1.87 bits per heavy atom. The van der Waals surface area contributed by atoms with Crippen LogP contribution in [0, 0.1) is 0 Å². The molecule has 1 fully saturated rings. The Labute approximate surface area is 179 Å². The van der Waals surface area contributed by atoms with Crippen LogP contribution in [0.4, 0.5) is 0 Å². The highest BCUT2D eigenvalue weighted by atomic mass is 16.5. The number of methoxy groups -OCH3 is 1. The van der Waals surface area contributed by atoms with Crippen LogP contribution in [0.25, 0.3) is 0 Å². The first kappa shape index (κ1) is 22.3. The molecule has 1 N–H and O–H groups in total. The lowest BCUT2D eigenvalue weighted by atomic mass is 10.1. The molecule has 0 spiro atoms. The summed E-state index contributed by atoms with van der Waals surface area (Å²) in [6.07, 6.45) is 0.678. The maximum Gasteiger partial charge on any atom is 0.236 e. The number of carbonyl (C=O) groups is 1. The van der Waals surface area contributed by atoms with E-state index in [0.29, 0.717) is 32.8 Å². The Kier molecular flexibility index (Phi) is 8.25. The summed E-state index contributed by atoms with van der Waals surface area (Å²) in [5.74, 6) is 0.880. The highest BCUT2D eigenvalue weighted by Crippen LogP contribution is 2.17. The first-order valence-electron chi connectivity index (χ1n) is 10.5. The fourth-order valence-electron chi connectivity index (χ4n) is 3.66. The molecule has 0 bridgehead atoms. The lowest BCUT2D eigenvalue weighted by Gasteiger charge is -2.27. The van der Waals surface area contributed by atoms with Gasteiger partial charge in [-0.3, -0.25) is 9.69 Å². The van der Waals surface area contributed by atoms with Crippen molar-refractivity contribution in [1.82, 2.24) is 9.80 Å². The molecule has 1 aliphatic rings. The number of nitrogens with zero attached hydrogens (tertiary/aromatic N) is 2. The minimum Gasteiger partial charge on any atom is -0.497 e. The third-order valence-electron chi connectivity index (χ3n) is 5.57. The average molecular weight is 413 g/mol. The number of benzene rings is 2. The number of carbonyl (C=O) groups excluding carboxylic acids is 1. The van der Waals surface area contributed by atoms with Crippen LogP contribution >= 0.6 is 0 Å². The topological polar surface area (TPSA) is 62.2 Å². The van der Waals surface area contributed by atoms with E-state index in [1.54, 1.807) is 7.11 Å². The van der Waals surface area contributed by atoms with Crippen molar-refractivity contribution in [3.63, 3.8) is 0 Å². The van der Waals surface area contributed by atoms with Crippen molar-refractivity contribution < 1.29 is 19.4 Å². The first-order valence-corrected chi connectivity index (χ1v) is 10.5. The highest BCUT2D eigenvalue weighted by Gasteiger charge is 2.30. The molecule has 1 saturated heterocycles. The zero-order chi connectivity index (χ0) is 21.3. The molecular weight excluding hydrogens is 380 g/mol. The summed E-state index contributed by atoms with van der Waals surface area (Å²) in [6, 6.07) is 17.9. The Balaban J connectivity index is 1.67. The minimum absolute atomic E-state index is 0.0138. The van der Waals surface area contributed by atoms with E-state index in [1.807, 2.05) is 59.2 Å². The van der Waals surface area contributed by atoms with Crippen molar-refractivity contribution in [3.8, 4) is 5.75 Å². The predicted molar refractivity (Wildman–Crippen MR) is 116 cm³/mol. The Bertz CT molecular complexity index is 799. The third kappa shape index (κ3) is 6.29. The van der Waals surface area contributed by atoms with Crippen LogP contribution in [0.15, 0.2) is 54.6 Å². The molecule has 3 rings (SSSR count). The Morgan fingerprint density at radius 1 is 1.10 bits per heavy atom. The van der Waals surface area contributed by atoms with E-state index < -0.39 is 0 Å². The third-order valence-corrected chi connectivity index (χ3v) is 5.57. The van der Waals surface area contributed by atoms with Crippen LogP contribution in [0.5, 0.6) is 5.75 Å². The normalized spacial score (nSPS) is 18.8. The molecule has 2 unspecified atom stereocenters. The number of ether oxygens (including phenoxy) is 2. The largest absolute Gasteiger partial charge is 0.497 e. The number of hydrogen-bond acceptors (Lipinski definition) is 5. The second-order valence-electron chi connectivity index (χ2n) is 7.82. The summed E-state index contributed by atoms with van der Waals surface area (Å²) in [5.41, 5.74) is 2.24. The van der Waals surface area contributed by atoms with Gasteiger partial charge in [0, 0.05) is 25.7 Å². The molecule has 6 nitrogen and oxygen atoms in total. The van der Waals surface area contributed by atoms with E-state index in [4.69, 9.17) is 9.47 Å². The fraction of sp³-hybridized carbons (Fsp3) is 0.458. The van der Waals surface area contributed by atoms with Gasteiger partial charge in [0.15, 0.2) is 0 Å². The van der Waals surface area contributed by atoms with Crippen LogP contribution in [-0.2, 0) is 22.6 Å². The van der Waals surface area contributed by atoms with Gasteiger partial charge in [-0.25, -0.2) is 0 Å². The Morgan fingerprint density at radius 3 is 2.60 bits per heavy atom. The van der Waals surface area contributed by atoms with E-state index in [9.17, 15) is 9.90 Å². The van der Waals surface area contributed by atoms with Gasteiger partial charge in [0.1, 0.15) is 5.75 Å². The standard InChI is InChI=1S/C24H32N2O4/c1-19(17-27)26-15-23(30-18-21-9-6-10-22(13-21)29-2)14-25(24(28)16-26)12-11-20-7-4-3-5-8-20/h3-10,13,19,23,27H,11-12,14-18H2,1-2H3. The number of hydrogen-bond donors (Lipinski definition) is 1. The van der Waals surface area contributed by atoms with Gasteiger partial charge in [-0.1, -0.05) is 42.5 Å². The number of rotatable bonds is 9. The van der Waals surface area contributed by atoms with Crippen LogP contribution in [0.1, 0.15) is 18.1 Å². The molecule has 0 saturated carbocycles. The summed E-state index contributed by atoms with van der Waals surface area (Å²) in [6.45, 7) is 4.51. The summed E-state index contributed by atoms with van der Waals surface area (Å²) in [5, 5.41) is 9.61. The van der Waals surface area contributed by atoms with Gasteiger partial charge in [0.25, 0.3) is 0 Å². The van der Waals surface area contributed by atoms with Crippen molar-refractivity contribution >= 4 is 5.91 Å². The summed E-state index contributed by atoms with van der Waals surface area (Å²) < 4.78 is 11.5. The van der Waals surface area contributed by atoms with E-state index in [0.717, 1.165) is 17.7 Å². The lowest BCUT2D eigenvalue weighted by molar-refractivity contribution is -0.132. The van der Waals surface area contributed by atoms with Gasteiger partial charge in [-0.2, -0.15) is 0 Å². The van der Waals surface area contributed by atoms with Gasteiger partial charge in [-0.15, -0.1) is 0 Å². The molecule has 1 amide bonds. The number of aliphatic hydroxyl groups is 1. The molecule has 1 heterocycles. The SMILES string of the molecule is COc1cccc(COC2CN(CCc3ccccc3)C(=O)CN(C(C)CO)C2)c1. The van der Waals surface area contributed by atoms with Crippen molar-refractivity contribution in [2.45, 2.75) is 32.1 Å². The molecule has 0 aliphatic carbocycles. The summed E-state index contributed by atoms with van der Waals surface area (Å²) in [7, 11) is 1.65. The fourth-order valence-corrected chi connectivity index (χ4v) is 3.66. The van der Waals surface area contributed by atoms with Gasteiger partial charge >= 0.3 is 0 Å². The van der Waals surface area contributed by atoms with E-state index in [-0.39, 0.29) is 24.7 Å². The molecule has 162 valence electrons. The van der Waals surface area contributed by atoms with Crippen molar-refractivity contribution in [2.75, 3.05) is 39.9 Å². The molecule has 2 atom stereocenters. The molecule has 2 aromatic carbocycles. The first-order chi connectivity index (χ1) is 14.6. The van der Waals surface area contributed by atoms with Crippen molar-refractivity contribution in [2.24, 2.45) is 0 Å². The quantitative estimate of drug-likeness (QED) is 0.685. The average Bonchev–Trinajstić information content (AvgIpc) is 2.95. The molecule has 6 heteroatoms. The zero-order valence-corrected chi connectivity index (χ0v) is 17.9. The minimum atomic E-state index is -0.132. The van der Waals surface area contributed by atoms with Crippen LogP contribution in [0.2, 0.25) is 0 Å². The molecule has 30 heavy (non-hydrogen) atoms. The summed E-state index contributed by atoms with van der Waals surface area (Å²) >= 11 is 0.